The molecule has 1 saturated heterocycles. The van der Waals surface area contributed by atoms with E-state index in [0.29, 0.717) is 0 Å². The van der Waals surface area contributed by atoms with Crippen molar-refractivity contribution < 1.29 is 4.79 Å². The van der Waals surface area contributed by atoms with Gasteiger partial charge in [-0.05, 0) is 23.1 Å². The molecule has 0 unspecified atom stereocenters. The number of aromatic amines is 1. The van der Waals surface area contributed by atoms with Crippen LogP contribution in [0.5, 0.6) is 0 Å². The quantitative estimate of drug-likeness (QED) is 0.399. The highest BCUT2D eigenvalue weighted by Gasteiger charge is 2.22. The summed E-state index contributed by atoms with van der Waals surface area (Å²) in [5, 5.41) is 0. The highest BCUT2D eigenvalue weighted by atomic mass is 16.1. The molecule has 1 fully saturated rings. The number of H-pyrrole nitrogens is 1. The van der Waals surface area contributed by atoms with Gasteiger partial charge in [-0.3, -0.25) is 9.69 Å². The zero-order chi connectivity index (χ0) is 26.2. The van der Waals surface area contributed by atoms with Crippen LogP contribution in [0.2, 0.25) is 0 Å². The molecule has 1 aliphatic heterocycles. The summed E-state index contributed by atoms with van der Waals surface area (Å²) in [7, 11) is 0. The van der Waals surface area contributed by atoms with Gasteiger partial charge in [0.2, 0.25) is 5.91 Å². The standard InChI is InChI=1S/C29H37N7O/c1-5-26-31-22(18-36(26)19-25(30)37)17-34-13-15-35(16-14-34)24-8-6-7-23-27(24)33-28(32-23)20-9-11-21(12-10-20)29(2,3)4/h6-12,18H,5,13-17,19H2,1-4H3,(H2,30,37)(H,32,33). The first-order chi connectivity index (χ1) is 17.7. The summed E-state index contributed by atoms with van der Waals surface area (Å²) in [6.45, 7) is 13.4. The van der Waals surface area contributed by atoms with E-state index in [1.54, 1.807) is 0 Å². The molecule has 2 aromatic heterocycles. The van der Waals surface area contributed by atoms with Gasteiger partial charge in [-0.2, -0.15) is 0 Å². The van der Waals surface area contributed by atoms with Gasteiger partial charge >= 0.3 is 0 Å². The van der Waals surface area contributed by atoms with E-state index in [4.69, 9.17) is 15.7 Å². The molecule has 0 atom stereocenters. The van der Waals surface area contributed by atoms with Crippen molar-refractivity contribution >= 4 is 22.6 Å². The Kier molecular flexibility index (Phi) is 6.77. The lowest BCUT2D eigenvalue weighted by atomic mass is 9.87. The molecule has 0 radical (unpaired) electrons. The van der Waals surface area contributed by atoms with E-state index in [0.717, 1.165) is 73.1 Å². The predicted molar refractivity (Wildman–Crippen MR) is 149 cm³/mol. The van der Waals surface area contributed by atoms with E-state index < -0.39 is 0 Å². The first-order valence-corrected chi connectivity index (χ1v) is 13.1. The largest absolute Gasteiger partial charge is 0.368 e. The monoisotopic (exact) mass is 499 g/mol. The molecular weight excluding hydrogens is 462 g/mol. The summed E-state index contributed by atoms with van der Waals surface area (Å²) in [4.78, 5) is 29.5. The van der Waals surface area contributed by atoms with Crippen LogP contribution in [0, 0.1) is 0 Å². The van der Waals surface area contributed by atoms with Crippen molar-refractivity contribution in [3.63, 3.8) is 0 Å². The molecule has 3 N–H and O–H groups in total. The van der Waals surface area contributed by atoms with Gasteiger partial charge in [-0.1, -0.05) is 58.0 Å². The molecule has 37 heavy (non-hydrogen) atoms. The fourth-order valence-corrected chi connectivity index (χ4v) is 5.09. The van der Waals surface area contributed by atoms with Crippen LogP contribution >= 0.6 is 0 Å². The molecule has 0 aliphatic carbocycles. The van der Waals surface area contributed by atoms with E-state index in [1.807, 2.05) is 17.7 Å². The van der Waals surface area contributed by atoms with E-state index in [-0.39, 0.29) is 17.9 Å². The zero-order valence-electron chi connectivity index (χ0n) is 22.3. The Hall–Kier alpha value is -3.65. The number of aryl methyl sites for hydroxylation is 1. The van der Waals surface area contributed by atoms with Gasteiger partial charge in [-0.25, -0.2) is 9.97 Å². The number of aromatic nitrogens is 4. The number of nitrogens with two attached hydrogens (primary N) is 1. The van der Waals surface area contributed by atoms with Gasteiger partial charge in [0.05, 0.1) is 16.9 Å². The number of rotatable bonds is 7. The Labute approximate surface area is 218 Å². The predicted octanol–water partition coefficient (Wildman–Crippen LogP) is 4.09. The van der Waals surface area contributed by atoms with Crippen molar-refractivity contribution in [2.45, 2.75) is 52.6 Å². The lowest BCUT2D eigenvalue weighted by molar-refractivity contribution is -0.118. The third kappa shape index (κ3) is 5.39. The number of carbonyl (C=O) groups excluding carboxylic acids is 1. The minimum absolute atomic E-state index is 0.129. The van der Waals surface area contributed by atoms with Gasteiger partial charge in [0, 0.05) is 50.9 Å². The second kappa shape index (κ2) is 10.0. The maximum atomic E-state index is 11.4. The van der Waals surface area contributed by atoms with Gasteiger partial charge in [0.1, 0.15) is 23.7 Å². The first kappa shape index (κ1) is 25.0. The Balaban J connectivity index is 1.28. The van der Waals surface area contributed by atoms with E-state index >= 15 is 0 Å². The second-order valence-corrected chi connectivity index (χ2v) is 10.9. The summed E-state index contributed by atoms with van der Waals surface area (Å²) in [5.74, 6) is 1.46. The molecular formula is C29H37N7O. The number of nitrogens with one attached hydrogen (secondary N) is 1. The minimum Gasteiger partial charge on any atom is -0.368 e. The van der Waals surface area contributed by atoms with Crippen LogP contribution in [0.25, 0.3) is 22.4 Å². The van der Waals surface area contributed by atoms with E-state index in [9.17, 15) is 4.79 Å². The van der Waals surface area contributed by atoms with Crippen molar-refractivity contribution in [1.29, 1.82) is 0 Å². The summed E-state index contributed by atoms with van der Waals surface area (Å²) in [5.41, 5.74) is 12.2. The molecule has 0 bridgehead atoms. The van der Waals surface area contributed by atoms with Gasteiger partial charge in [0.25, 0.3) is 0 Å². The van der Waals surface area contributed by atoms with Crippen LogP contribution in [0.3, 0.4) is 0 Å². The molecule has 0 saturated carbocycles. The topological polar surface area (TPSA) is 96.1 Å². The minimum atomic E-state index is -0.343. The number of hydrogen-bond acceptors (Lipinski definition) is 5. The molecule has 0 spiro atoms. The van der Waals surface area contributed by atoms with Crippen LogP contribution < -0.4 is 10.6 Å². The maximum absolute atomic E-state index is 11.4. The number of amides is 1. The first-order valence-electron chi connectivity index (χ1n) is 13.1. The number of nitrogens with zero attached hydrogens (tertiary/aromatic N) is 5. The highest BCUT2D eigenvalue weighted by molar-refractivity contribution is 5.91. The fourth-order valence-electron chi connectivity index (χ4n) is 5.09. The number of hydrogen-bond donors (Lipinski definition) is 2. The summed E-state index contributed by atoms with van der Waals surface area (Å²) in [6, 6.07) is 15.1. The third-order valence-corrected chi connectivity index (χ3v) is 7.17. The Bertz CT molecular complexity index is 1390. The third-order valence-electron chi connectivity index (χ3n) is 7.17. The van der Waals surface area contributed by atoms with Gasteiger partial charge < -0.3 is 20.2 Å². The highest BCUT2D eigenvalue weighted by Crippen LogP contribution is 2.30. The van der Waals surface area contributed by atoms with E-state index in [2.05, 4.69) is 78.0 Å². The smallest absolute Gasteiger partial charge is 0.237 e. The molecule has 3 heterocycles. The Morgan fingerprint density at radius 2 is 1.76 bits per heavy atom. The molecule has 194 valence electrons. The van der Waals surface area contributed by atoms with Crippen molar-refractivity contribution in [3.8, 4) is 11.4 Å². The Morgan fingerprint density at radius 3 is 2.41 bits per heavy atom. The maximum Gasteiger partial charge on any atom is 0.237 e. The number of piperazine rings is 1. The zero-order valence-corrected chi connectivity index (χ0v) is 22.3. The van der Waals surface area contributed by atoms with Crippen LogP contribution in [-0.4, -0.2) is 56.5 Å². The van der Waals surface area contributed by atoms with Crippen molar-refractivity contribution in [3.05, 3.63) is 65.7 Å². The molecule has 4 aromatic rings. The van der Waals surface area contributed by atoms with Gasteiger partial charge in [0.15, 0.2) is 0 Å². The van der Waals surface area contributed by atoms with Crippen molar-refractivity contribution in [2.24, 2.45) is 5.73 Å². The van der Waals surface area contributed by atoms with Crippen LogP contribution in [-0.2, 0) is 29.7 Å². The van der Waals surface area contributed by atoms with Crippen molar-refractivity contribution in [1.82, 2.24) is 24.4 Å². The van der Waals surface area contributed by atoms with Gasteiger partial charge in [-0.15, -0.1) is 0 Å². The fraction of sp³-hybridized carbons (Fsp3) is 0.414. The number of benzene rings is 2. The number of anilines is 1. The Morgan fingerprint density at radius 1 is 1.03 bits per heavy atom. The van der Waals surface area contributed by atoms with Crippen LogP contribution in [0.15, 0.2) is 48.7 Å². The summed E-state index contributed by atoms with van der Waals surface area (Å²) < 4.78 is 1.88. The molecule has 1 amide bonds. The number of carbonyl (C=O) groups is 1. The lowest BCUT2D eigenvalue weighted by Gasteiger charge is -2.35. The average Bonchev–Trinajstić information content (AvgIpc) is 3.47. The molecule has 8 nitrogen and oxygen atoms in total. The van der Waals surface area contributed by atoms with E-state index in [1.165, 1.54) is 11.3 Å². The second-order valence-electron chi connectivity index (χ2n) is 10.9. The average molecular weight is 500 g/mol. The normalized spacial score (nSPS) is 15.0. The van der Waals surface area contributed by atoms with Crippen LogP contribution in [0.1, 0.15) is 44.8 Å². The molecule has 2 aromatic carbocycles. The number of primary amides is 1. The van der Waals surface area contributed by atoms with Crippen molar-refractivity contribution in [2.75, 3.05) is 31.1 Å². The number of para-hydroxylation sites is 1. The molecule has 8 heteroatoms. The lowest BCUT2D eigenvalue weighted by Crippen LogP contribution is -2.46. The van der Waals surface area contributed by atoms with Crippen LogP contribution in [0.4, 0.5) is 5.69 Å². The SMILES string of the molecule is CCc1nc(CN2CCN(c3cccc4[nH]c(-c5ccc(C(C)(C)C)cc5)nc34)CC2)cn1CC(N)=O. The number of imidazole rings is 2. The number of fused-ring (bicyclic) bond motifs is 1. The molecule has 5 rings (SSSR count). The summed E-state index contributed by atoms with van der Waals surface area (Å²) >= 11 is 0. The molecule has 1 aliphatic rings. The summed E-state index contributed by atoms with van der Waals surface area (Å²) in [6.07, 6.45) is 2.74.